The Morgan fingerprint density at radius 1 is 1.14 bits per heavy atom. The van der Waals surface area contributed by atoms with Crippen LogP contribution in [0.2, 0.25) is 10.0 Å². The summed E-state index contributed by atoms with van der Waals surface area (Å²) in [6, 6.07) is 2.33. The lowest BCUT2D eigenvalue weighted by Gasteiger charge is -2.27. The molecule has 0 N–H and O–H groups in total. The molecule has 0 radical (unpaired) electrons. The van der Waals surface area contributed by atoms with E-state index in [9.17, 15) is 18.5 Å². The number of hydrogen-bond acceptors (Lipinski definition) is 8. The molecule has 1 aromatic heterocycles. The fourth-order valence-corrected chi connectivity index (χ4v) is 4.23. The Morgan fingerprint density at radius 3 is 2.29 bits per heavy atom. The summed E-state index contributed by atoms with van der Waals surface area (Å²) in [5, 5.41) is 11.5. The second-order valence-corrected chi connectivity index (χ2v) is 9.08. The first-order chi connectivity index (χ1) is 13.2. The molecule has 0 amide bonds. The van der Waals surface area contributed by atoms with Gasteiger partial charge in [-0.15, -0.1) is 0 Å². The minimum Gasteiger partial charge on any atom is -0.430 e. The third-order valence-electron chi connectivity index (χ3n) is 4.21. The van der Waals surface area contributed by atoms with Crippen LogP contribution in [-0.2, 0) is 9.84 Å². The fraction of sp³-hybridized carbons (Fsp3) is 0.375. The van der Waals surface area contributed by atoms with E-state index in [0.29, 0.717) is 13.1 Å². The molecule has 0 bridgehead atoms. The number of hydrogen-bond donors (Lipinski definition) is 0. The van der Waals surface area contributed by atoms with Gasteiger partial charge in [-0.05, 0) is 31.4 Å². The number of aromatic nitrogens is 2. The van der Waals surface area contributed by atoms with Crippen molar-refractivity contribution < 1.29 is 18.1 Å². The van der Waals surface area contributed by atoms with Gasteiger partial charge < -0.3 is 9.64 Å². The summed E-state index contributed by atoms with van der Waals surface area (Å²) in [5.41, 5.74) is -0.399. The number of rotatable bonds is 5. The summed E-state index contributed by atoms with van der Waals surface area (Å²) in [6.45, 7) is 1.28. The molecule has 1 saturated heterocycles. The SMILES string of the molecule is CS(=O)(=O)c1cc(Cl)c(Oc2ncnc(N3CCCCC3)c2[N+](=O)[O-])c(Cl)c1. The molecular weight excluding hydrogens is 431 g/mol. The van der Waals surface area contributed by atoms with Crippen LogP contribution in [0.15, 0.2) is 23.4 Å². The molecule has 0 saturated carbocycles. The molecule has 0 atom stereocenters. The lowest BCUT2D eigenvalue weighted by Crippen LogP contribution is -2.30. The topological polar surface area (TPSA) is 116 Å². The molecule has 150 valence electrons. The zero-order chi connectivity index (χ0) is 20.5. The number of nitrogens with zero attached hydrogens (tertiary/aromatic N) is 4. The maximum Gasteiger partial charge on any atom is 0.373 e. The first-order valence-corrected chi connectivity index (χ1v) is 10.9. The lowest BCUT2D eigenvalue weighted by molar-refractivity contribution is -0.385. The van der Waals surface area contributed by atoms with Gasteiger partial charge in [-0.25, -0.2) is 13.4 Å². The molecule has 1 aromatic carbocycles. The summed E-state index contributed by atoms with van der Waals surface area (Å²) >= 11 is 12.2. The maximum atomic E-state index is 11.7. The Balaban J connectivity index is 2.04. The van der Waals surface area contributed by atoms with E-state index in [1.54, 1.807) is 0 Å². The van der Waals surface area contributed by atoms with Crippen molar-refractivity contribution in [3.8, 4) is 11.6 Å². The van der Waals surface area contributed by atoms with E-state index in [4.69, 9.17) is 27.9 Å². The highest BCUT2D eigenvalue weighted by Gasteiger charge is 2.30. The molecule has 0 unspecified atom stereocenters. The summed E-state index contributed by atoms with van der Waals surface area (Å²) < 4.78 is 28.9. The van der Waals surface area contributed by atoms with E-state index < -0.39 is 20.4 Å². The number of benzene rings is 1. The highest BCUT2D eigenvalue weighted by atomic mass is 35.5. The average Bonchev–Trinajstić information content (AvgIpc) is 2.64. The van der Waals surface area contributed by atoms with Gasteiger partial charge in [0.15, 0.2) is 15.6 Å². The van der Waals surface area contributed by atoms with Crippen LogP contribution in [0.4, 0.5) is 11.5 Å². The standard InChI is InChI=1S/C16H16Cl2N4O5S/c1-28(25,26)10-7-11(17)14(12(18)8-10)27-16-13(22(23)24)15(19-9-20-16)21-5-3-2-4-6-21/h7-9H,2-6H2,1H3. The van der Waals surface area contributed by atoms with Gasteiger partial charge in [0.05, 0.1) is 19.9 Å². The van der Waals surface area contributed by atoms with Gasteiger partial charge >= 0.3 is 11.6 Å². The van der Waals surface area contributed by atoms with Gasteiger partial charge in [-0.2, -0.15) is 4.98 Å². The molecular formula is C16H16Cl2N4O5S. The summed E-state index contributed by atoms with van der Waals surface area (Å²) in [5.74, 6) is -0.284. The highest BCUT2D eigenvalue weighted by Crippen LogP contribution is 2.42. The molecule has 28 heavy (non-hydrogen) atoms. The second kappa shape index (κ2) is 8.06. The lowest BCUT2D eigenvalue weighted by atomic mass is 10.1. The smallest absolute Gasteiger partial charge is 0.373 e. The van der Waals surface area contributed by atoms with Gasteiger partial charge in [0, 0.05) is 19.3 Å². The van der Waals surface area contributed by atoms with Gasteiger partial charge in [0.1, 0.15) is 6.33 Å². The average molecular weight is 447 g/mol. The van der Waals surface area contributed by atoms with Crippen LogP contribution in [-0.4, -0.2) is 42.7 Å². The molecule has 2 heterocycles. The van der Waals surface area contributed by atoms with E-state index >= 15 is 0 Å². The summed E-state index contributed by atoms with van der Waals surface area (Å²) in [7, 11) is -3.55. The number of piperidine rings is 1. The molecule has 0 spiro atoms. The van der Waals surface area contributed by atoms with Crippen molar-refractivity contribution in [3.05, 3.63) is 38.6 Å². The quantitative estimate of drug-likeness (QED) is 0.501. The number of sulfone groups is 1. The third-order valence-corrected chi connectivity index (χ3v) is 5.86. The van der Waals surface area contributed by atoms with E-state index in [1.165, 1.54) is 6.33 Å². The second-order valence-electron chi connectivity index (χ2n) is 6.25. The minimum atomic E-state index is -3.55. The van der Waals surface area contributed by atoms with Crippen LogP contribution in [0, 0.1) is 10.1 Å². The largest absolute Gasteiger partial charge is 0.430 e. The Hall–Kier alpha value is -2.17. The Morgan fingerprint density at radius 2 is 1.75 bits per heavy atom. The number of nitro groups is 1. The molecule has 0 aliphatic carbocycles. The predicted octanol–water partition coefficient (Wildman–Crippen LogP) is 3.88. The van der Waals surface area contributed by atoms with Crippen molar-refractivity contribution in [1.29, 1.82) is 0 Å². The zero-order valence-corrected chi connectivity index (χ0v) is 17.1. The van der Waals surface area contributed by atoms with Gasteiger partial charge in [-0.3, -0.25) is 10.1 Å². The first kappa shape index (κ1) is 20.6. The summed E-state index contributed by atoms with van der Waals surface area (Å²) in [6.07, 6.45) is 5.04. The number of anilines is 1. The third kappa shape index (κ3) is 4.29. The van der Waals surface area contributed by atoms with Crippen LogP contribution in [0.1, 0.15) is 19.3 Å². The zero-order valence-electron chi connectivity index (χ0n) is 14.8. The van der Waals surface area contributed by atoms with Crippen LogP contribution < -0.4 is 9.64 Å². The van der Waals surface area contributed by atoms with Crippen LogP contribution in [0.5, 0.6) is 11.6 Å². The molecule has 12 heteroatoms. The van der Waals surface area contributed by atoms with Crippen LogP contribution in [0.25, 0.3) is 0 Å². The van der Waals surface area contributed by atoms with Gasteiger partial charge in [0.25, 0.3) is 0 Å². The first-order valence-electron chi connectivity index (χ1n) is 8.30. The summed E-state index contributed by atoms with van der Waals surface area (Å²) in [4.78, 5) is 20.7. The molecule has 2 aromatic rings. The molecule has 1 aliphatic rings. The molecule has 3 rings (SSSR count). The van der Waals surface area contributed by atoms with Crippen molar-refractivity contribution >= 4 is 44.5 Å². The Bertz CT molecular complexity index is 1000. The Labute approximate surface area is 171 Å². The predicted molar refractivity (Wildman–Crippen MR) is 104 cm³/mol. The Kier molecular flexibility index (Phi) is 5.92. The monoisotopic (exact) mass is 446 g/mol. The molecule has 1 fully saturated rings. The van der Waals surface area contributed by atoms with Gasteiger partial charge in [-0.1, -0.05) is 23.2 Å². The highest BCUT2D eigenvalue weighted by molar-refractivity contribution is 7.90. The van der Waals surface area contributed by atoms with Crippen LogP contribution >= 0.6 is 23.2 Å². The number of halogens is 2. The van der Waals surface area contributed by atoms with Crippen molar-refractivity contribution in [2.45, 2.75) is 24.2 Å². The van der Waals surface area contributed by atoms with Crippen molar-refractivity contribution in [2.24, 2.45) is 0 Å². The van der Waals surface area contributed by atoms with E-state index in [1.807, 2.05) is 4.90 Å². The van der Waals surface area contributed by atoms with Crippen molar-refractivity contribution in [3.63, 3.8) is 0 Å². The van der Waals surface area contributed by atoms with E-state index in [-0.39, 0.29) is 32.4 Å². The van der Waals surface area contributed by atoms with Gasteiger partial charge in [0.2, 0.25) is 5.82 Å². The number of ether oxygens (including phenoxy) is 1. The van der Waals surface area contributed by atoms with E-state index in [2.05, 4.69) is 9.97 Å². The van der Waals surface area contributed by atoms with Crippen LogP contribution in [0.3, 0.4) is 0 Å². The molecule has 9 nitrogen and oxygen atoms in total. The van der Waals surface area contributed by atoms with Crippen molar-refractivity contribution in [2.75, 3.05) is 24.2 Å². The fourth-order valence-electron chi connectivity index (χ4n) is 2.87. The normalized spacial score (nSPS) is 14.8. The van der Waals surface area contributed by atoms with Crippen molar-refractivity contribution in [1.82, 2.24) is 9.97 Å². The minimum absolute atomic E-state index is 0.0963. The van der Waals surface area contributed by atoms with E-state index in [0.717, 1.165) is 37.7 Å². The maximum absolute atomic E-state index is 11.7. The molecule has 1 aliphatic heterocycles.